The van der Waals surface area contributed by atoms with Gasteiger partial charge in [0.25, 0.3) is 0 Å². The molecule has 3 nitrogen and oxygen atoms in total. The van der Waals surface area contributed by atoms with E-state index in [0.717, 1.165) is 15.6 Å². The van der Waals surface area contributed by atoms with Crippen molar-refractivity contribution >= 4 is 38.6 Å². The van der Waals surface area contributed by atoms with E-state index in [1.165, 1.54) is 10.8 Å². The molecule has 0 fully saturated rings. The molecule has 4 aromatic rings. The molecule has 0 N–H and O–H groups in total. The number of ketones is 1. The highest BCUT2D eigenvalue weighted by atomic mass is 79.9. The van der Waals surface area contributed by atoms with E-state index in [9.17, 15) is 4.79 Å². The predicted octanol–water partition coefficient (Wildman–Crippen LogP) is 7.09. The third-order valence-corrected chi connectivity index (χ3v) is 5.58. The molecule has 0 aromatic heterocycles. The molecule has 31 heavy (non-hydrogen) atoms. The lowest BCUT2D eigenvalue weighted by atomic mass is 10.1. The minimum atomic E-state index is -0.0491. The highest BCUT2D eigenvalue weighted by Gasteiger charge is 2.12. The normalized spacial score (nSPS) is 11.0. The predicted molar refractivity (Wildman–Crippen MR) is 129 cm³/mol. The first-order chi connectivity index (χ1) is 15.2. The van der Waals surface area contributed by atoms with Gasteiger partial charge in [-0.25, -0.2) is 0 Å². The van der Waals surface area contributed by atoms with Crippen LogP contribution in [0.25, 0.3) is 16.8 Å². The van der Waals surface area contributed by atoms with Crippen LogP contribution in [0.1, 0.15) is 21.5 Å². The number of hydrogen-bond acceptors (Lipinski definition) is 3. The quantitative estimate of drug-likeness (QED) is 0.212. The van der Waals surface area contributed by atoms with E-state index in [1.807, 2.05) is 48.5 Å². The van der Waals surface area contributed by atoms with Gasteiger partial charge in [0.05, 0.1) is 11.6 Å². The van der Waals surface area contributed by atoms with Crippen molar-refractivity contribution in [2.24, 2.45) is 0 Å². The Morgan fingerprint density at radius 1 is 0.935 bits per heavy atom. The van der Waals surface area contributed by atoms with E-state index >= 15 is 0 Å². The summed E-state index contributed by atoms with van der Waals surface area (Å²) in [7, 11) is 1.61. The number of benzene rings is 4. The van der Waals surface area contributed by atoms with E-state index in [2.05, 4.69) is 40.2 Å². The Balaban J connectivity index is 1.55. The molecule has 0 unspecified atom stereocenters. The SMILES string of the molecule is COc1cc(/C=C/C(=O)c2ccccc2)cc(Br)c1OCc1cccc2ccccc12. The zero-order valence-electron chi connectivity index (χ0n) is 17.0. The molecule has 0 bridgehead atoms. The summed E-state index contributed by atoms with van der Waals surface area (Å²) in [4.78, 5) is 12.3. The van der Waals surface area contributed by atoms with Crippen LogP contribution in [0.15, 0.2) is 95.5 Å². The van der Waals surface area contributed by atoms with Crippen molar-refractivity contribution in [2.75, 3.05) is 7.11 Å². The lowest BCUT2D eigenvalue weighted by molar-refractivity contribution is 0.104. The molecular formula is C27H21BrO3. The summed E-state index contributed by atoms with van der Waals surface area (Å²) in [5, 5.41) is 2.34. The van der Waals surface area contributed by atoms with Gasteiger partial charge in [0, 0.05) is 5.56 Å². The van der Waals surface area contributed by atoms with E-state index in [4.69, 9.17) is 9.47 Å². The number of fused-ring (bicyclic) bond motifs is 1. The second-order valence-corrected chi connectivity index (χ2v) is 7.88. The summed E-state index contributed by atoms with van der Waals surface area (Å²) in [5.41, 5.74) is 2.59. The second-order valence-electron chi connectivity index (χ2n) is 7.02. The van der Waals surface area contributed by atoms with Crippen LogP contribution in [-0.2, 0) is 6.61 Å². The first kappa shape index (κ1) is 20.9. The largest absolute Gasteiger partial charge is 0.493 e. The minimum absolute atomic E-state index is 0.0491. The Bertz CT molecular complexity index is 1240. The first-order valence-electron chi connectivity index (χ1n) is 9.90. The molecule has 4 rings (SSSR count). The van der Waals surface area contributed by atoms with Crippen molar-refractivity contribution in [2.45, 2.75) is 6.61 Å². The Hall–Kier alpha value is -3.37. The van der Waals surface area contributed by atoms with Gasteiger partial charge in [-0.3, -0.25) is 4.79 Å². The number of rotatable bonds is 7. The average Bonchev–Trinajstić information content (AvgIpc) is 2.82. The summed E-state index contributed by atoms with van der Waals surface area (Å²) in [5.74, 6) is 1.18. The standard InChI is InChI=1S/C27H21BrO3/c1-30-26-17-19(14-15-25(29)21-9-3-2-4-10-21)16-24(28)27(26)31-18-22-12-7-11-20-8-5-6-13-23(20)22/h2-17H,18H2,1H3/b15-14+. The number of ether oxygens (including phenoxy) is 2. The summed E-state index contributed by atoms with van der Waals surface area (Å²) in [6.07, 6.45) is 3.34. The fourth-order valence-electron chi connectivity index (χ4n) is 3.41. The molecule has 4 aromatic carbocycles. The molecule has 0 atom stereocenters. The van der Waals surface area contributed by atoms with Gasteiger partial charge in [0.2, 0.25) is 0 Å². The van der Waals surface area contributed by atoms with Gasteiger partial charge in [-0.2, -0.15) is 0 Å². The van der Waals surface area contributed by atoms with E-state index in [1.54, 1.807) is 31.4 Å². The number of allylic oxidation sites excluding steroid dienone is 1. The van der Waals surface area contributed by atoms with Crippen LogP contribution in [0.2, 0.25) is 0 Å². The Morgan fingerprint density at radius 3 is 2.48 bits per heavy atom. The van der Waals surface area contributed by atoms with Gasteiger partial charge < -0.3 is 9.47 Å². The zero-order chi connectivity index (χ0) is 21.6. The molecule has 154 valence electrons. The van der Waals surface area contributed by atoms with Crippen LogP contribution < -0.4 is 9.47 Å². The van der Waals surface area contributed by atoms with Gasteiger partial charge in [-0.1, -0.05) is 78.9 Å². The molecule has 0 radical (unpaired) electrons. The zero-order valence-corrected chi connectivity index (χ0v) is 18.6. The van der Waals surface area contributed by atoms with Gasteiger partial charge in [0.15, 0.2) is 17.3 Å². The van der Waals surface area contributed by atoms with Crippen molar-refractivity contribution < 1.29 is 14.3 Å². The third kappa shape index (κ3) is 4.86. The van der Waals surface area contributed by atoms with Crippen molar-refractivity contribution in [3.63, 3.8) is 0 Å². The average molecular weight is 473 g/mol. The molecule has 0 aliphatic carbocycles. The summed E-state index contributed by atoms with van der Waals surface area (Å²) in [6, 6.07) is 27.4. The highest BCUT2D eigenvalue weighted by molar-refractivity contribution is 9.10. The lowest BCUT2D eigenvalue weighted by Crippen LogP contribution is -2.00. The van der Waals surface area contributed by atoms with Crippen molar-refractivity contribution in [3.05, 3.63) is 112 Å². The van der Waals surface area contributed by atoms with Gasteiger partial charge in [0.1, 0.15) is 6.61 Å². The Morgan fingerprint density at radius 2 is 1.68 bits per heavy atom. The van der Waals surface area contributed by atoms with Gasteiger partial charge >= 0.3 is 0 Å². The topological polar surface area (TPSA) is 35.5 Å². The number of carbonyl (C=O) groups is 1. The Labute approximate surface area is 190 Å². The molecule has 0 saturated heterocycles. The van der Waals surface area contributed by atoms with Crippen molar-refractivity contribution in [3.8, 4) is 11.5 Å². The molecular weight excluding hydrogens is 452 g/mol. The van der Waals surface area contributed by atoms with Crippen LogP contribution in [0.5, 0.6) is 11.5 Å². The van der Waals surface area contributed by atoms with Crippen LogP contribution in [0.3, 0.4) is 0 Å². The molecule has 0 aliphatic rings. The van der Waals surface area contributed by atoms with Crippen LogP contribution in [0.4, 0.5) is 0 Å². The van der Waals surface area contributed by atoms with Crippen molar-refractivity contribution in [1.29, 1.82) is 0 Å². The molecule has 0 heterocycles. The molecule has 0 spiro atoms. The maximum atomic E-state index is 12.3. The maximum absolute atomic E-state index is 12.3. The summed E-state index contributed by atoms with van der Waals surface area (Å²) in [6.45, 7) is 0.415. The number of hydrogen-bond donors (Lipinski definition) is 0. The minimum Gasteiger partial charge on any atom is -0.493 e. The van der Waals surface area contributed by atoms with E-state index in [0.29, 0.717) is 23.7 Å². The number of carbonyl (C=O) groups excluding carboxylic acids is 1. The molecule has 0 amide bonds. The van der Waals surface area contributed by atoms with Crippen LogP contribution in [0, 0.1) is 0 Å². The van der Waals surface area contributed by atoms with E-state index in [-0.39, 0.29) is 5.78 Å². The first-order valence-corrected chi connectivity index (χ1v) is 10.7. The highest BCUT2D eigenvalue weighted by Crippen LogP contribution is 2.38. The van der Waals surface area contributed by atoms with Gasteiger partial charge in [-0.05, 0) is 56.0 Å². The smallest absolute Gasteiger partial charge is 0.185 e. The number of methoxy groups -OCH3 is 1. The fourth-order valence-corrected chi connectivity index (χ4v) is 3.99. The number of halogens is 1. The van der Waals surface area contributed by atoms with Gasteiger partial charge in [-0.15, -0.1) is 0 Å². The monoisotopic (exact) mass is 472 g/mol. The summed E-state index contributed by atoms with van der Waals surface area (Å²) < 4.78 is 12.5. The summed E-state index contributed by atoms with van der Waals surface area (Å²) >= 11 is 3.59. The fraction of sp³-hybridized carbons (Fsp3) is 0.0741. The lowest BCUT2D eigenvalue weighted by Gasteiger charge is -2.14. The van der Waals surface area contributed by atoms with E-state index < -0.39 is 0 Å². The van der Waals surface area contributed by atoms with Crippen LogP contribution >= 0.6 is 15.9 Å². The molecule has 0 aliphatic heterocycles. The third-order valence-electron chi connectivity index (χ3n) is 4.99. The maximum Gasteiger partial charge on any atom is 0.185 e. The Kier molecular flexibility index (Phi) is 6.48. The van der Waals surface area contributed by atoms with Crippen molar-refractivity contribution in [1.82, 2.24) is 0 Å². The molecule has 4 heteroatoms. The second kappa shape index (κ2) is 9.63. The molecule has 0 saturated carbocycles. The van der Waals surface area contributed by atoms with Crippen LogP contribution in [-0.4, -0.2) is 12.9 Å².